The van der Waals surface area contributed by atoms with Crippen LogP contribution in [0.25, 0.3) is 5.65 Å². The highest BCUT2D eigenvalue weighted by Gasteiger charge is 2.33. The fraction of sp³-hybridized carbons (Fsp3) is 0.478. The number of anilines is 1. The molecule has 186 valence electrons. The van der Waals surface area contributed by atoms with E-state index in [1.807, 2.05) is 11.0 Å². The van der Waals surface area contributed by atoms with Crippen molar-refractivity contribution in [3.05, 3.63) is 58.2 Å². The van der Waals surface area contributed by atoms with Gasteiger partial charge < -0.3 is 9.64 Å². The molecule has 1 N–H and O–H groups in total. The molecule has 0 saturated carbocycles. The molecule has 3 aromatic heterocycles. The summed E-state index contributed by atoms with van der Waals surface area (Å²) in [6.07, 6.45) is 3.48. The molecule has 12 heteroatoms. The van der Waals surface area contributed by atoms with E-state index in [9.17, 15) is 14.9 Å². The number of nitrogens with zero attached hydrogens (tertiary/aromatic N) is 6. The number of hydrogen-bond acceptors (Lipinski definition) is 8. The van der Waals surface area contributed by atoms with Gasteiger partial charge in [-0.15, -0.1) is 0 Å². The normalized spacial score (nSPS) is 17.9. The van der Waals surface area contributed by atoms with Crippen LogP contribution < -0.4 is 10.2 Å². The summed E-state index contributed by atoms with van der Waals surface area (Å²) in [4.78, 5) is 33.9. The Hall–Kier alpha value is -3.83. The number of pyridine rings is 1. The van der Waals surface area contributed by atoms with Gasteiger partial charge in [0.15, 0.2) is 6.30 Å². The maximum absolute atomic E-state index is 15.1. The second-order valence-corrected chi connectivity index (χ2v) is 9.51. The number of aromatic nitrogens is 4. The number of fused-ring (bicyclic) bond motifs is 1. The maximum atomic E-state index is 15.1. The third-order valence-electron chi connectivity index (χ3n) is 5.83. The molecule has 4 rings (SSSR count). The van der Waals surface area contributed by atoms with Crippen molar-refractivity contribution >= 4 is 23.2 Å². The van der Waals surface area contributed by atoms with Crippen LogP contribution in [0.3, 0.4) is 0 Å². The van der Waals surface area contributed by atoms with Crippen LogP contribution in [-0.4, -0.2) is 49.0 Å². The summed E-state index contributed by atoms with van der Waals surface area (Å²) in [5, 5.41) is 17.6. The zero-order chi connectivity index (χ0) is 25.3. The van der Waals surface area contributed by atoms with Crippen molar-refractivity contribution in [3.63, 3.8) is 0 Å². The molecule has 1 fully saturated rings. The quantitative estimate of drug-likeness (QED) is 0.311. The van der Waals surface area contributed by atoms with E-state index in [0.29, 0.717) is 18.1 Å². The predicted molar refractivity (Wildman–Crippen MR) is 126 cm³/mol. The number of nitro groups is 1. The largest absolute Gasteiger partial charge is 0.444 e. The van der Waals surface area contributed by atoms with E-state index in [2.05, 4.69) is 20.4 Å². The molecular formula is C23H28FN7O4. The average Bonchev–Trinajstić information content (AvgIpc) is 3.44. The molecule has 3 aromatic rings. The molecule has 35 heavy (non-hydrogen) atoms. The molecule has 4 heterocycles. The molecule has 3 atom stereocenters. The lowest BCUT2D eigenvalue weighted by molar-refractivity contribution is -0.383. The van der Waals surface area contributed by atoms with Crippen LogP contribution >= 0.6 is 0 Å². The smallest absolute Gasteiger partial charge is 0.409 e. The SMILES string of the molecule is C[C@@H](c1ncccc1[C@H]1CCCN1c1ccn2ncc([N+](=O)[O-])c2n1)[C@H](F)NC(=O)OC(C)(C)C. The standard InChI is InChI=1S/C23H28FN7O4/c1-14(20(24)28-22(32)35-23(2,3)4)19-15(7-5-10-25-19)16-8-6-11-29(16)18-9-12-30-21(27-18)17(13-26-30)31(33)34/h5,7,9-10,12-14,16,20H,6,8,11H2,1-4H3,(H,28,32)/t14-,16+,20+/m0/s1. The van der Waals surface area contributed by atoms with Gasteiger partial charge in [-0.05, 0) is 51.3 Å². The van der Waals surface area contributed by atoms with Crippen LogP contribution in [0, 0.1) is 10.1 Å². The predicted octanol–water partition coefficient (Wildman–Crippen LogP) is 4.30. The van der Waals surface area contributed by atoms with Gasteiger partial charge in [-0.1, -0.05) is 13.0 Å². The Balaban J connectivity index is 1.61. The van der Waals surface area contributed by atoms with Gasteiger partial charge in [0.25, 0.3) is 0 Å². The van der Waals surface area contributed by atoms with Gasteiger partial charge in [0.2, 0.25) is 5.65 Å². The van der Waals surface area contributed by atoms with Gasteiger partial charge in [0.05, 0.1) is 16.7 Å². The van der Waals surface area contributed by atoms with Crippen molar-refractivity contribution in [2.75, 3.05) is 11.4 Å². The van der Waals surface area contributed by atoms with E-state index in [1.54, 1.807) is 52.2 Å². The fourth-order valence-electron chi connectivity index (χ4n) is 4.28. The van der Waals surface area contributed by atoms with E-state index in [0.717, 1.165) is 18.4 Å². The van der Waals surface area contributed by atoms with E-state index >= 15 is 4.39 Å². The Bertz CT molecular complexity index is 1240. The van der Waals surface area contributed by atoms with Crippen LogP contribution in [0.15, 0.2) is 36.8 Å². The number of ether oxygens (including phenoxy) is 1. The lowest BCUT2D eigenvalue weighted by Gasteiger charge is -2.29. The monoisotopic (exact) mass is 485 g/mol. The number of halogens is 1. The first-order valence-electron chi connectivity index (χ1n) is 11.4. The molecule has 11 nitrogen and oxygen atoms in total. The highest BCUT2D eigenvalue weighted by Crippen LogP contribution is 2.39. The minimum absolute atomic E-state index is 0.156. The van der Waals surface area contributed by atoms with Crippen LogP contribution in [0.1, 0.15) is 63.8 Å². The molecule has 0 unspecified atom stereocenters. The van der Waals surface area contributed by atoms with Gasteiger partial charge in [-0.3, -0.25) is 20.4 Å². The number of alkyl halides is 1. The molecule has 1 aliphatic heterocycles. The van der Waals surface area contributed by atoms with E-state index in [1.165, 1.54) is 10.7 Å². The van der Waals surface area contributed by atoms with Gasteiger partial charge in [0.1, 0.15) is 17.6 Å². The number of nitrogens with one attached hydrogen (secondary N) is 1. The first-order valence-corrected chi connectivity index (χ1v) is 11.4. The second kappa shape index (κ2) is 9.43. The van der Waals surface area contributed by atoms with Crippen LogP contribution in [-0.2, 0) is 4.74 Å². The Morgan fingerprint density at radius 2 is 2.14 bits per heavy atom. The summed E-state index contributed by atoms with van der Waals surface area (Å²) in [6.45, 7) is 7.46. The molecule has 0 spiro atoms. The van der Waals surface area contributed by atoms with E-state index in [-0.39, 0.29) is 17.4 Å². The Labute approximate surface area is 201 Å². The first-order chi connectivity index (χ1) is 16.5. The Morgan fingerprint density at radius 3 is 2.86 bits per heavy atom. The highest BCUT2D eigenvalue weighted by atomic mass is 19.1. The van der Waals surface area contributed by atoms with Crippen LogP contribution in [0.4, 0.5) is 20.7 Å². The number of hydrogen-bond donors (Lipinski definition) is 1. The molecule has 0 aliphatic carbocycles. The molecule has 0 radical (unpaired) electrons. The Kier molecular flexibility index (Phi) is 6.55. The van der Waals surface area contributed by atoms with Crippen molar-refractivity contribution in [2.45, 2.75) is 64.4 Å². The topological polar surface area (TPSA) is 128 Å². The number of carbonyl (C=O) groups is 1. The third-order valence-corrected chi connectivity index (χ3v) is 5.83. The minimum Gasteiger partial charge on any atom is -0.444 e. The summed E-state index contributed by atoms with van der Waals surface area (Å²) in [6, 6.07) is 5.27. The van der Waals surface area contributed by atoms with Crippen LogP contribution in [0.2, 0.25) is 0 Å². The number of amides is 1. The molecule has 0 bridgehead atoms. The summed E-state index contributed by atoms with van der Waals surface area (Å²) in [5.41, 5.74) is 0.571. The van der Waals surface area contributed by atoms with Gasteiger partial charge in [-0.25, -0.2) is 18.7 Å². The van der Waals surface area contributed by atoms with Gasteiger partial charge in [-0.2, -0.15) is 5.10 Å². The van der Waals surface area contributed by atoms with Crippen LogP contribution in [0.5, 0.6) is 0 Å². The lowest BCUT2D eigenvalue weighted by atomic mass is 9.94. The number of alkyl carbamates (subject to hydrolysis) is 1. The first kappa shape index (κ1) is 24.3. The summed E-state index contributed by atoms with van der Waals surface area (Å²) >= 11 is 0. The van der Waals surface area contributed by atoms with E-state index < -0.39 is 28.8 Å². The highest BCUT2D eigenvalue weighted by molar-refractivity contribution is 5.68. The molecule has 1 aliphatic rings. The molecular weight excluding hydrogens is 457 g/mol. The van der Waals surface area contributed by atoms with Crippen molar-refractivity contribution in [1.29, 1.82) is 0 Å². The minimum atomic E-state index is -1.71. The van der Waals surface area contributed by atoms with Crippen molar-refractivity contribution in [1.82, 2.24) is 24.9 Å². The maximum Gasteiger partial charge on any atom is 0.409 e. The van der Waals surface area contributed by atoms with E-state index in [4.69, 9.17) is 4.74 Å². The average molecular weight is 486 g/mol. The summed E-state index contributed by atoms with van der Waals surface area (Å²) < 4.78 is 21.6. The second-order valence-electron chi connectivity index (χ2n) is 9.51. The number of rotatable bonds is 6. The van der Waals surface area contributed by atoms with Crippen molar-refractivity contribution < 1.29 is 18.8 Å². The number of carbonyl (C=O) groups excluding carboxylic acids is 1. The molecule has 0 aromatic carbocycles. The zero-order valence-corrected chi connectivity index (χ0v) is 20.0. The third kappa shape index (κ3) is 5.15. The van der Waals surface area contributed by atoms with Crippen molar-refractivity contribution in [2.24, 2.45) is 0 Å². The summed E-state index contributed by atoms with van der Waals surface area (Å²) in [7, 11) is 0. The van der Waals surface area contributed by atoms with Crippen molar-refractivity contribution in [3.8, 4) is 0 Å². The molecule has 1 saturated heterocycles. The summed E-state index contributed by atoms with van der Waals surface area (Å²) in [5.74, 6) is -0.178. The molecule has 1 amide bonds. The Morgan fingerprint density at radius 1 is 1.37 bits per heavy atom. The fourth-order valence-corrected chi connectivity index (χ4v) is 4.28. The lowest BCUT2D eigenvalue weighted by Crippen LogP contribution is -2.39. The zero-order valence-electron chi connectivity index (χ0n) is 20.0. The van der Waals surface area contributed by atoms with Gasteiger partial charge >= 0.3 is 11.8 Å². The van der Waals surface area contributed by atoms with Gasteiger partial charge in [0, 0.05) is 24.9 Å².